The van der Waals surface area contributed by atoms with Gasteiger partial charge in [-0.3, -0.25) is 9.59 Å². The van der Waals surface area contributed by atoms with Crippen LogP contribution in [0.3, 0.4) is 0 Å². The first-order chi connectivity index (χ1) is 11.7. The highest BCUT2D eigenvalue weighted by Crippen LogP contribution is 2.32. The van der Waals surface area contributed by atoms with Crippen LogP contribution < -0.4 is 0 Å². The lowest BCUT2D eigenvalue weighted by molar-refractivity contribution is -0.133. The number of fused-ring (bicyclic) bond motifs is 1. The fourth-order valence-electron chi connectivity index (χ4n) is 4.36. The Morgan fingerprint density at radius 2 is 1.58 bits per heavy atom. The van der Waals surface area contributed by atoms with Crippen LogP contribution in [0.4, 0.5) is 0 Å². The summed E-state index contributed by atoms with van der Waals surface area (Å²) in [5, 5.41) is 0. The third-order valence-corrected chi connectivity index (χ3v) is 5.90. The van der Waals surface area contributed by atoms with E-state index in [1.54, 1.807) is 0 Å². The largest absolute Gasteiger partial charge is 0.343 e. The van der Waals surface area contributed by atoms with Crippen LogP contribution in [0.15, 0.2) is 11.6 Å². The van der Waals surface area contributed by atoms with Crippen molar-refractivity contribution in [2.24, 2.45) is 5.92 Å². The number of hydrogen-bond acceptors (Lipinski definition) is 2. The van der Waals surface area contributed by atoms with E-state index in [9.17, 15) is 9.59 Å². The number of hydrogen-bond donors (Lipinski definition) is 0. The second-order valence-corrected chi connectivity index (χ2v) is 7.66. The predicted molar refractivity (Wildman–Crippen MR) is 95.5 cm³/mol. The Kier molecular flexibility index (Phi) is 6.33. The Bertz CT molecular complexity index is 480. The third kappa shape index (κ3) is 4.61. The summed E-state index contributed by atoms with van der Waals surface area (Å²) in [6.07, 6.45) is 13.8. The highest BCUT2D eigenvalue weighted by Gasteiger charge is 2.27. The van der Waals surface area contributed by atoms with Crippen molar-refractivity contribution in [1.29, 1.82) is 0 Å². The molecule has 2 fully saturated rings. The van der Waals surface area contributed by atoms with Gasteiger partial charge in [0.15, 0.2) is 0 Å². The number of carbonyl (C=O) groups excluding carboxylic acids is 2. The van der Waals surface area contributed by atoms with Gasteiger partial charge in [0.05, 0.1) is 0 Å². The van der Waals surface area contributed by atoms with Gasteiger partial charge in [0.2, 0.25) is 11.8 Å². The van der Waals surface area contributed by atoms with Crippen LogP contribution in [-0.2, 0) is 9.59 Å². The van der Waals surface area contributed by atoms with E-state index in [-0.39, 0.29) is 11.8 Å². The molecular weight excluding hydrogens is 300 g/mol. The topological polar surface area (TPSA) is 40.6 Å². The van der Waals surface area contributed by atoms with Crippen LogP contribution in [0.1, 0.15) is 70.6 Å². The molecule has 1 atom stereocenters. The van der Waals surface area contributed by atoms with E-state index in [0.717, 1.165) is 64.2 Å². The van der Waals surface area contributed by atoms with Gasteiger partial charge < -0.3 is 9.80 Å². The molecule has 4 heteroatoms. The number of amides is 2. The lowest BCUT2D eigenvalue weighted by Gasteiger charge is -2.36. The average Bonchev–Trinajstić information content (AvgIpc) is 2.65. The van der Waals surface area contributed by atoms with Gasteiger partial charge in [-0.05, 0) is 63.7 Å². The molecule has 0 bridgehead atoms. The molecule has 0 spiro atoms. The second-order valence-electron chi connectivity index (χ2n) is 7.66. The van der Waals surface area contributed by atoms with Gasteiger partial charge in [-0.25, -0.2) is 0 Å². The van der Waals surface area contributed by atoms with E-state index < -0.39 is 0 Å². The highest BCUT2D eigenvalue weighted by atomic mass is 16.2. The number of allylic oxidation sites excluding steroid dienone is 1. The molecule has 0 N–H and O–H groups in total. The first kappa shape index (κ1) is 17.5. The molecule has 24 heavy (non-hydrogen) atoms. The number of unbranched alkanes of at least 4 members (excludes halogenated alkanes) is 1. The minimum Gasteiger partial charge on any atom is -0.343 e. The van der Waals surface area contributed by atoms with Crippen molar-refractivity contribution >= 4 is 11.8 Å². The predicted octanol–water partition coefficient (Wildman–Crippen LogP) is 3.52. The Balaban J connectivity index is 1.34. The summed E-state index contributed by atoms with van der Waals surface area (Å²) in [5.41, 5.74) is 1.50. The van der Waals surface area contributed by atoms with E-state index >= 15 is 0 Å². The molecule has 2 amide bonds. The van der Waals surface area contributed by atoms with Crippen molar-refractivity contribution in [3.05, 3.63) is 11.6 Å². The fraction of sp³-hybridized carbons (Fsp3) is 0.800. The Morgan fingerprint density at radius 1 is 0.875 bits per heavy atom. The molecule has 2 heterocycles. The summed E-state index contributed by atoms with van der Waals surface area (Å²) in [4.78, 5) is 28.6. The maximum Gasteiger partial charge on any atom is 0.222 e. The minimum atomic E-state index is 0.283. The van der Waals surface area contributed by atoms with E-state index in [1.807, 2.05) is 9.80 Å². The van der Waals surface area contributed by atoms with Gasteiger partial charge in [-0.1, -0.05) is 11.6 Å². The van der Waals surface area contributed by atoms with Crippen molar-refractivity contribution in [2.45, 2.75) is 70.6 Å². The highest BCUT2D eigenvalue weighted by molar-refractivity contribution is 5.77. The summed E-state index contributed by atoms with van der Waals surface area (Å²) >= 11 is 0. The van der Waals surface area contributed by atoms with Crippen molar-refractivity contribution in [3.8, 4) is 0 Å². The van der Waals surface area contributed by atoms with Gasteiger partial charge in [0.25, 0.3) is 0 Å². The SMILES string of the molecule is O=C(CCCCC(=O)N1CCC2CCCC=C2C1)N1CCCCC1. The molecule has 0 aromatic carbocycles. The van der Waals surface area contributed by atoms with Gasteiger partial charge in [0.1, 0.15) is 0 Å². The lowest BCUT2D eigenvalue weighted by Crippen LogP contribution is -2.40. The summed E-state index contributed by atoms with van der Waals surface area (Å²) in [7, 11) is 0. The molecule has 4 nitrogen and oxygen atoms in total. The van der Waals surface area contributed by atoms with Crippen LogP contribution in [0.25, 0.3) is 0 Å². The smallest absolute Gasteiger partial charge is 0.222 e. The number of nitrogens with zero attached hydrogens (tertiary/aromatic N) is 2. The summed E-state index contributed by atoms with van der Waals surface area (Å²) in [6, 6.07) is 0. The van der Waals surface area contributed by atoms with Gasteiger partial charge in [-0.15, -0.1) is 0 Å². The second kappa shape index (κ2) is 8.68. The molecule has 2 saturated heterocycles. The molecule has 3 rings (SSSR count). The van der Waals surface area contributed by atoms with Crippen molar-refractivity contribution in [3.63, 3.8) is 0 Å². The quantitative estimate of drug-likeness (QED) is 0.571. The molecule has 0 saturated carbocycles. The standard InChI is InChI=1S/C20H32N2O2/c23-19(21-13-6-1-7-14-21)10-4-5-11-20(24)22-15-12-17-8-2-3-9-18(17)16-22/h9,17H,1-8,10-16H2. The normalized spacial score (nSPS) is 24.3. The molecule has 0 radical (unpaired) electrons. The van der Waals surface area contributed by atoms with Crippen LogP contribution in [0, 0.1) is 5.92 Å². The zero-order valence-corrected chi connectivity index (χ0v) is 15.0. The molecular formula is C20H32N2O2. The van der Waals surface area contributed by atoms with E-state index in [0.29, 0.717) is 12.8 Å². The molecule has 2 aliphatic heterocycles. The molecule has 3 aliphatic rings. The number of piperidine rings is 2. The fourth-order valence-corrected chi connectivity index (χ4v) is 4.36. The van der Waals surface area contributed by atoms with Crippen molar-refractivity contribution in [1.82, 2.24) is 9.80 Å². The monoisotopic (exact) mass is 332 g/mol. The lowest BCUT2D eigenvalue weighted by atomic mass is 9.82. The Morgan fingerprint density at radius 3 is 2.33 bits per heavy atom. The molecule has 1 unspecified atom stereocenters. The van der Waals surface area contributed by atoms with E-state index in [4.69, 9.17) is 0 Å². The van der Waals surface area contributed by atoms with Gasteiger partial charge in [-0.2, -0.15) is 0 Å². The van der Waals surface area contributed by atoms with E-state index in [1.165, 1.54) is 31.3 Å². The zero-order valence-electron chi connectivity index (χ0n) is 15.0. The Labute approximate surface area is 146 Å². The van der Waals surface area contributed by atoms with Gasteiger partial charge in [0, 0.05) is 39.0 Å². The molecule has 0 aromatic rings. The van der Waals surface area contributed by atoms with Crippen molar-refractivity contribution in [2.75, 3.05) is 26.2 Å². The number of carbonyl (C=O) groups is 2. The zero-order chi connectivity index (χ0) is 16.8. The Hall–Kier alpha value is -1.32. The van der Waals surface area contributed by atoms with E-state index in [2.05, 4.69) is 6.08 Å². The molecule has 134 valence electrons. The maximum absolute atomic E-state index is 12.4. The van der Waals surface area contributed by atoms with Crippen LogP contribution >= 0.6 is 0 Å². The van der Waals surface area contributed by atoms with Crippen LogP contribution in [0.2, 0.25) is 0 Å². The summed E-state index contributed by atoms with van der Waals surface area (Å²) < 4.78 is 0. The average molecular weight is 332 g/mol. The summed E-state index contributed by atoms with van der Waals surface area (Å²) in [6.45, 7) is 3.65. The third-order valence-electron chi connectivity index (χ3n) is 5.90. The molecule has 1 aliphatic carbocycles. The molecule has 0 aromatic heterocycles. The first-order valence-corrected chi connectivity index (χ1v) is 9.98. The van der Waals surface area contributed by atoms with Gasteiger partial charge >= 0.3 is 0 Å². The maximum atomic E-state index is 12.4. The summed E-state index contributed by atoms with van der Waals surface area (Å²) in [5.74, 6) is 1.31. The number of rotatable bonds is 5. The minimum absolute atomic E-state index is 0.283. The van der Waals surface area contributed by atoms with Crippen molar-refractivity contribution < 1.29 is 9.59 Å². The first-order valence-electron chi connectivity index (χ1n) is 9.98. The van der Waals surface area contributed by atoms with Crippen LogP contribution in [0.5, 0.6) is 0 Å². The van der Waals surface area contributed by atoms with Crippen LogP contribution in [-0.4, -0.2) is 47.8 Å². The number of likely N-dealkylation sites (tertiary alicyclic amines) is 2.